The van der Waals surface area contributed by atoms with E-state index in [0.29, 0.717) is 11.4 Å². The average molecular weight is 721 g/mol. The van der Waals surface area contributed by atoms with Gasteiger partial charge in [0.15, 0.2) is 29.7 Å². The maximum absolute atomic E-state index is 15.4. The number of rotatable bonds is 13. The van der Waals surface area contributed by atoms with Crippen LogP contribution in [0.25, 0.3) is 11.9 Å². The summed E-state index contributed by atoms with van der Waals surface area (Å²) in [7, 11) is 2.38. The number of nitrogens with one attached hydrogen (secondary N) is 2. The van der Waals surface area contributed by atoms with E-state index in [2.05, 4.69) is 20.9 Å². The smallest absolute Gasteiger partial charge is 0.339 e. The summed E-state index contributed by atoms with van der Waals surface area (Å²) in [6.07, 6.45) is 2.63. The van der Waals surface area contributed by atoms with Gasteiger partial charge in [0.05, 0.1) is 48.8 Å². The highest BCUT2D eigenvalue weighted by Crippen LogP contribution is 2.40. The fourth-order valence-corrected chi connectivity index (χ4v) is 4.66. The molecule has 0 radical (unpaired) electrons. The molecular formula is C35H37FN6O10. The lowest BCUT2D eigenvalue weighted by atomic mass is 9.98. The zero-order valence-corrected chi connectivity index (χ0v) is 28.8. The molecule has 1 aromatic heterocycles. The molecule has 274 valence electrons. The van der Waals surface area contributed by atoms with Crippen LogP contribution < -0.4 is 25.8 Å². The van der Waals surface area contributed by atoms with Crippen molar-refractivity contribution in [2.45, 2.75) is 40.0 Å². The fraction of sp³-hybridized carbons (Fsp3) is 0.257. The molecular weight excluding hydrogens is 683 g/mol. The third kappa shape index (κ3) is 8.99. The van der Waals surface area contributed by atoms with Crippen LogP contribution in [0.15, 0.2) is 54.7 Å². The van der Waals surface area contributed by atoms with Gasteiger partial charge in [-0.3, -0.25) is 14.4 Å². The Labute approximate surface area is 296 Å². The number of phenols is 2. The first-order chi connectivity index (χ1) is 24.5. The maximum Gasteiger partial charge on any atom is 0.339 e. The van der Waals surface area contributed by atoms with Crippen molar-refractivity contribution in [1.82, 2.24) is 15.0 Å². The Morgan fingerprint density at radius 3 is 2.19 bits per heavy atom. The number of halogens is 1. The summed E-state index contributed by atoms with van der Waals surface area (Å²) in [5.41, 5.74) is 5.52. The molecule has 52 heavy (non-hydrogen) atoms. The first-order valence-electron chi connectivity index (χ1n) is 15.5. The predicted octanol–water partition coefficient (Wildman–Crippen LogP) is 4.18. The van der Waals surface area contributed by atoms with E-state index in [4.69, 9.17) is 19.9 Å². The van der Waals surface area contributed by atoms with Crippen LogP contribution in [0.1, 0.15) is 58.3 Å². The van der Waals surface area contributed by atoms with Crippen molar-refractivity contribution in [3.05, 3.63) is 82.7 Å². The number of phenolic OH excluding ortho intramolecular Hbond substituents is 1. The van der Waals surface area contributed by atoms with Crippen molar-refractivity contribution in [3.8, 4) is 23.0 Å². The highest BCUT2D eigenvalue weighted by Gasteiger charge is 2.25. The minimum absolute atomic E-state index is 0.0430. The lowest BCUT2D eigenvalue weighted by Gasteiger charge is -2.16. The van der Waals surface area contributed by atoms with Crippen LogP contribution >= 0.6 is 0 Å². The van der Waals surface area contributed by atoms with Gasteiger partial charge in [0, 0.05) is 23.2 Å². The first kappa shape index (κ1) is 38.3. The number of benzene rings is 3. The molecule has 0 saturated carbocycles. The monoisotopic (exact) mass is 720 g/mol. The SMILES string of the molecule is COc1c(/C=C(\F)c2ccc(NC(=O)[C@@H](N)Cc3cn(COC(=O)C(C)(C)C)nn3)cc2)ccc(C(=O)Nc2ccc(C(=O)O)c(O)c2OC)c1O. The number of aromatic hydroxyl groups is 2. The molecule has 4 aromatic rings. The number of nitrogens with two attached hydrogens (primary N) is 1. The summed E-state index contributed by atoms with van der Waals surface area (Å²) in [6, 6.07) is 9.56. The summed E-state index contributed by atoms with van der Waals surface area (Å²) < 4.78 is 32.2. The maximum atomic E-state index is 15.4. The van der Waals surface area contributed by atoms with Crippen LogP contribution in [0, 0.1) is 5.41 Å². The molecule has 17 heteroatoms. The zero-order chi connectivity index (χ0) is 38.3. The minimum Gasteiger partial charge on any atom is -0.504 e. The van der Waals surface area contributed by atoms with Crippen molar-refractivity contribution >= 4 is 47.0 Å². The Morgan fingerprint density at radius 1 is 0.942 bits per heavy atom. The van der Waals surface area contributed by atoms with E-state index >= 15 is 4.39 Å². The number of carbonyl (C=O) groups is 4. The molecule has 1 atom stereocenters. The minimum atomic E-state index is -1.41. The number of hydrogen-bond acceptors (Lipinski definition) is 12. The number of carboxylic acids is 1. The van der Waals surface area contributed by atoms with E-state index in [1.54, 1.807) is 20.8 Å². The Balaban J connectivity index is 1.41. The van der Waals surface area contributed by atoms with Gasteiger partial charge in [0.25, 0.3) is 5.91 Å². The Bertz CT molecular complexity index is 2020. The van der Waals surface area contributed by atoms with Gasteiger partial charge in [-0.15, -0.1) is 5.10 Å². The van der Waals surface area contributed by atoms with Crippen LogP contribution in [0.5, 0.6) is 23.0 Å². The summed E-state index contributed by atoms with van der Waals surface area (Å²) >= 11 is 0. The number of carboxylic acid groups (broad SMARTS) is 1. The molecule has 3 aromatic carbocycles. The van der Waals surface area contributed by atoms with E-state index in [-0.39, 0.29) is 47.0 Å². The molecule has 16 nitrogen and oxygen atoms in total. The number of aromatic carboxylic acids is 1. The normalized spacial score (nSPS) is 12.1. The van der Waals surface area contributed by atoms with E-state index in [9.17, 15) is 34.5 Å². The molecule has 0 aliphatic heterocycles. The van der Waals surface area contributed by atoms with E-state index in [1.165, 1.54) is 67.6 Å². The van der Waals surface area contributed by atoms with Gasteiger partial charge in [-0.1, -0.05) is 11.3 Å². The van der Waals surface area contributed by atoms with Crippen molar-refractivity contribution in [3.63, 3.8) is 0 Å². The highest BCUT2D eigenvalue weighted by molar-refractivity contribution is 6.08. The third-order valence-corrected chi connectivity index (χ3v) is 7.43. The molecule has 1 heterocycles. The van der Waals surface area contributed by atoms with Crippen LogP contribution in [0.4, 0.5) is 15.8 Å². The number of carbonyl (C=O) groups excluding carboxylic acids is 3. The second-order valence-electron chi connectivity index (χ2n) is 12.3. The molecule has 7 N–H and O–H groups in total. The fourth-order valence-electron chi connectivity index (χ4n) is 4.66. The standard InChI is InChI=1S/C35H37FN6O10/c1-35(2,3)34(49)52-17-42-16-21(40-41-42)15-25(37)32(46)38-20-9-6-18(7-10-20)24(36)14-19-8-11-22(27(43)29(19)50-4)31(45)39-26-13-12-23(33(47)48)28(44)30(26)51-5/h6-14,16,25,43-44H,15,17,37H2,1-5H3,(H,38,46)(H,39,45)(H,47,48)/b24-14-/t25-/m0/s1. The van der Waals surface area contributed by atoms with Crippen LogP contribution in [-0.4, -0.2) is 74.3 Å². The van der Waals surface area contributed by atoms with Gasteiger partial charge < -0.3 is 45.9 Å². The highest BCUT2D eigenvalue weighted by atomic mass is 19.1. The van der Waals surface area contributed by atoms with Crippen molar-refractivity contribution in [2.24, 2.45) is 11.1 Å². The van der Waals surface area contributed by atoms with Crippen LogP contribution in [0.3, 0.4) is 0 Å². The van der Waals surface area contributed by atoms with Crippen LogP contribution in [0.2, 0.25) is 0 Å². The summed E-state index contributed by atoms with van der Waals surface area (Å²) in [5, 5.41) is 43.2. The number of amides is 2. The molecule has 0 unspecified atom stereocenters. The number of methoxy groups -OCH3 is 2. The van der Waals surface area contributed by atoms with Gasteiger partial charge in [0.1, 0.15) is 11.4 Å². The number of nitrogens with zero attached hydrogens (tertiary/aromatic N) is 3. The number of hydrogen-bond donors (Lipinski definition) is 6. The van der Waals surface area contributed by atoms with Gasteiger partial charge in [-0.05, 0) is 69.3 Å². The predicted molar refractivity (Wildman–Crippen MR) is 186 cm³/mol. The van der Waals surface area contributed by atoms with E-state index < -0.39 is 58.1 Å². The first-order valence-corrected chi connectivity index (χ1v) is 15.5. The lowest BCUT2D eigenvalue weighted by Crippen LogP contribution is -2.37. The summed E-state index contributed by atoms with van der Waals surface area (Å²) in [5.74, 6) is -5.81. The van der Waals surface area contributed by atoms with Crippen molar-refractivity contribution in [2.75, 3.05) is 24.9 Å². The second-order valence-corrected chi connectivity index (χ2v) is 12.3. The lowest BCUT2D eigenvalue weighted by molar-refractivity contribution is -0.157. The van der Waals surface area contributed by atoms with Gasteiger partial charge in [-0.2, -0.15) is 0 Å². The molecule has 0 saturated heterocycles. The number of aromatic nitrogens is 3. The topological polar surface area (TPSA) is 237 Å². The number of anilines is 2. The van der Waals surface area contributed by atoms with E-state index in [0.717, 1.165) is 12.1 Å². The summed E-state index contributed by atoms with van der Waals surface area (Å²) in [6.45, 7) is 5.02. The van der Waals surface area contributed by atoms with Gasteiger partial charge in [-0.25, -0.2) is 13.9 Å². The third-order valence-electron chi connectivity index (χ3n) is 7.43. The average Bonchev–Trinajstić information content (AvgIpc) is 3.54. The number of esters is 1. The quantitative estimate of drug-likeness (QED) is 0.0841. The van der Waals surface area contributed by atoms with Crippen molar-refractivity contribution < 1.29 is 53.1 Å². The molecule has 2 amide bonds. The van der Waals surface area contributed by atoms with Gasteiger partial charge >= 0.3 is 11.9 Å². The molecule has 0 aliphatic carbocycles. The molecule has 0 aliphatic rings. The summed E-state index contributed by atoms with van der Waals surface area (Å²) in [4.78, 5) is 49.0. The van der Waals surface area contributed by atoms with E-state index in [1.807, 2.05) is 0 Å². The largest absolute Gasteiger partial charge is 0.504 e. The zero-order valence-electron chi connectivity index (χ0n) is 28.8. The molecule has 0 bridgehead atoms. The molecule has 0 fully saturated rings. The molecule has 4 rings (SSSR count). The Hall–Kier alpha value is -6.49. The second kappa shape index (κ2) is 16.0. The van der Waals surface area contributed by atoms with Gasteiger partial charge in [0.2, 0.25) is 5.91 Å². The number of ether oxygens (including phenoxy) is 3. The van der Waals surface area contributed by atoms with Crippen molar-refractivity contribution in [1.29, 1.82) is 0 Å². The Kier molecular flexibility index (Phi) is 11.8. The molecule has 0 spiro atoms. The van der Waals surface area contributed by atoms with Crippen LogP contribution in [-0.2, 0) is 27.5 Å². The Morgan fingerprint density at radius 2 is 1.58 bits per heavy atom.